The second kappa shape index (κ2) is 12.2. The number of imidazole rings is 1. The van der Waals surface area contributed by atoms with Crippen molar-refractivity contribution in [2.45, 2.75) is 25.2 Å². The van der Waals surface area contributed by atoms with Gasteiger partial charge in [-0.25, -0.2) is 15.0 Å². The molecule has 1 aliphatic heterocycles. The van der Waals surface area contributed by atoms with Gasteiger partial charge in [-0.05, 0) is 91.3 Å². The summed E-state index contributed by atoms with van der Waals surface area (Å²) in [5, 5.41) is 11.9. The Balaban J connectivity index is 1.20. The molecule has 4 aromatic heterocycles. The van der Waals surface area contributed by atoms with Crippen LogP contribution in [0.2, 0.25) is 0 Å². The number of piperidine rings is 1. The van der Waals surface area contributed by atoms with Crippen molar-refractivity contribution in [3.63, 3.8) is 0 Å². The van der Waals surface area contributed by atoms with Gasteiger partial charge in [0.2, 0.25) is 11.9 Å². The minimum atomic E-state index is -0.0504. The maximum atomic E-state index is 12.7. The lowest BCUT2D eigenvalue weighted by atomic mass is 9.90. The van der Waals surface area contributed by atoms with Gasteiger partial charge in [-0.2, -0.15) is 0 Å². The van der Waals surface area contributed by atoms with Crippen LogP contribution in [-0.2, 0) is 11.2 Å². The van der Waals surface area contributed by atoms with Crippen molar-refractivity contribution in [1.82, 2.24) is 24.7 Å². The van der Waals surface area contributed by atoms with Crippen LogP contribution in [-0.4, -0.2) is 38.3 Å². The molecule has 43 heavy (non-hydrogen) atoms. The van der Waals surface area contributed by atoms with Crippen molar-refractivity contribution in [1.29, 1.82) is 0 Å². The van der Waals surface area contributed by atoms with Gasteiger partial charge in [-0.15, -0.1) is 11.3 Å². The molecule has 0 saturated carbocycles. The summed E-state index contributed by atoms with van der Waals surface area (Å²) < 4.78 is 2.04. The molecule has 0 spiro atoms. The lowest BCUT2D eigenvalue weighted by Crippen LogP contribution is -2.26. The molecule has 2 aromatic carbocycles. The van der Waals surface area contributed by atoms with E-state index in [1.54, 1.807) is 17.5 Å². The molecular weight excluding hydrogens is 554 g/mol. The van der Waals surface area contributed by atoms with Crippen molar-refractivity contribution in [3.8, 4) is 22.6 Å². The molecule has 1 saturated heterocycles. The number of amides is 1. The summed E-state index contributed by atoms with van der Waals surface area (Å²) in [4.78, 5) is 28.2. The van der Waals surface area contributed by atoms with E-state index in [1.165, 1.54) is 5.56 Å². The molecule has 0 radical (unpaired) electrons. The van der Waals surface area contributed by atoms with Gasteiger partial charge in [0.25, 0.3) is 0 Å². The van der Waals surface area contributed by atoms with Gasteiger partial charge in [-0.3, -0.25) is 9.20 Å². The third kappa shape index (κ3) is 6.04. The van der Waals surface area contributed by atoms with Gasteiger partial charge >= 0.3 is 0 Å². The van der Waals surface area contributed by atoms with Crippen molar-refractivity contribution >= 4 is 40.2 Å². The molecule has 1 aliphatic rings. The zero-order valence-corrected chi connectivity index (χ0v) is 24.3. The first-order valence-corrected chi connectivity index (χ1v) is 15.4. The van der Waals surface area contributed by atoms with Crippen molar-refractivity contribution in [3.05, 3.63) is 113 Å². The van der Waals surface area contributed by atoms with Crippen LogP contribution >= 0.6 is 11.3 Å². The first-order chi connectivity index (χ1) is 21.2. The van der Waals surface area contributed by atoms with Gasteiger partial charge < -0.3 is 16.0 Å². The smallest absolute Gasteiger partial charge is 0.229 e. The Kier molecular flexibility index (Phi) is 7.64. The molecule has 0 unspecified atom stereocenters. The molecule has 0 atom stereocenters. The number of rotatable bonds is 8. The number of hydrogen-bond acceptors (Lipinski definition) is 7. The van der Waals surface area contributed by atoms with E-state index in [-0.39, 0.29) is 5.91 Å². The van der Waals surface area contributed by atoms with Gasteiger partial charge in [0.15, 0.2) is 0 Å². The first kappa shape index (κ1) is 27.0. The fraction of sp³-hybridized carbons (Fsp3) is 0.176. The highest BCUT2D eigenvalue weighted by Crippen LogP contribution is 2.34. The van der Waals surface area contributed by atoms with Crippen LogP contribution in [0.5, 0.6) is 0 Å². The zero-order chi connectivity index (χ0) is 29.0. The Morgan fingerprint density at radius 2 is 1.81 bits per heavy atom. The number of fused-ring (bicyclic) bond motifs is 1. The van der Waals surface area contributed by atoms with E-state index in [0.29, 0.717) is 18.3 Å². The zero-order valence-electron chi connectivity index (χ0n) is 23.5. The molecule has 214 valence electrons. The Labute approximate surface area is 253 Å². The second-order valence-electron chi connectivity index (χ2n) is 10.7. The number of carbonyl (C=O) groups excluding carboxylic acids is 1. The minimum absolute atomic E-state index is 0.0504. The number of anilines is 3. The number of nitrogens with one attached hydrogen (secondary N) is 3. The lowest BCUT2D eigenvalue weighted by Gasteiger charge is -2.23. The normalized spacial score (nSPS) is 13.7. The topological polar surface area (TPSA) is 96.2 Å². The van der Waals surface area contributed by atoms with E-state index >= 15 is 0 Å². The monoisotopic (exact) mass is 585 g/mol. The number of benzene rings is 2. The minimum Gasteiger partial charge on any atom is -0.326 e. The van der Waals surface area contributed by atoms with E-state index in [2.05, 4.69) is 45.2 Å². The van der Waals surface area contributed by atoms with Gasteiger partial charge in [-0.1, -0.05) is 36.4 Å². The Bertz CT molecular complexity index is 1880. The Morgan fingerprint density at radius 3 is 2.70 bits per heavy atom. The van der Waals surface area contributed by atoms with E-state index in [9.17, 15) is 4.79 Å². The molecule has 7 rings (SSSR count). The predicted octanol–water partition coefficient (Wildman–Crippen LogP) is 6.91. The van der Waals surface area contributed by atoms with Crippen LogP contribution in [0.4, 0.5) is 17.3 Å². The number of carbonyl (C=O) groups is 1. The molecule has 1 amide bonds. The third-order valence-corrected chi connectivity index (χ3v) is 8.59. The summed E-state index contributed by atoms with van der Waals surface area (Å²) in [7, 11) is 0. The van der Waals surface area contributed by atoms with E-state index in [4.69, 9.17) is 9.97 Å². The Morgan fingerprint density at radius 1 is 0.930 bits per heavy atom. The molecule has 9 heteroatoms. The highest BCUT2D eigenvalue weighted by Gasteiger charge is 2.19. The summed E-state index contributed by atoms with van der Waals surface area (Å²) in [5.74, 6) is 1.03. The van der Waals surface area contributed by atoms with Crippen LogP contribution in [0.25, 0.3) is 28.3 Å². The van der Waals surface area contributed by atoms with Crippen molar-refractivity contribution in [2.75, 3.05) is 23.7 Å². The standard InChI is InChI=1S/C34H31N7OS/c42-31(22-28-10-5-19-43-28)37-26-8-4-7-25(21-26)32-33(41-18-2-1-11-30(41)40-32)29-14-17-36-34(39-29)38-27-9-3-6-24(20-27)23-12-15-35-16-13-23/h1-11,14,17-21,23,35H,12-13,15-16,22H2,(H,37,42)(H,36,38,39). The summed E-state index contributed by atoms with van der Waals surface area (Å²) >= 11 is 1.58. The van der Waals surface area contributed by atoms with Crippen molar-refractivity contribution < 1.29 is 4.79 Å². The SMILES string of the molecule is O=C(Cc1cccs1)Nc1cccc(-c2nc3ccccn3c2-c2ccnc(Nc3cccc(C4CCNCC4)c3)n2)c1. The average Bonchev–Trinajstić information content (AvgIpc) is 3.70. The average molecular weight is 586 g/mol. The maximum absolute atomic E-state index is 12.7. The van der Waals surface area contributed by atoms with Crippen LogP contribution in [0.3, 0.4) is 0 Å². The molecule has 6 aromatic rings. The summed E-state index contributed by atoms with van der Waals surface area (Å²) in [5.41, 5.74) is 7.10. The molecule has 0 aliphatic carbocycles. The summed E-state index contributed by atoms with van der Waals surface area (Å²) in [6.07, 6.45) is 6.40. The van der Waals surface area contributed by atoms with Crippen molar-refractivity contribution in [2.24, 2.45) is 0 Å². The highest BCUT2D eigenvalue weighted by molar-refractivity contribution is 7.10. The van der Waals surface area contributed by atoms with E-state index < -0.39 is 0 Å². The van der Waals surface area contributed by atoms with E-state index in [0.717, 1.165) is 70.5 Å². The Hall–Kier alpha value is -4.86. The summed E-state index contributed by atoms with van der Waals surface area (Å²) in [6.45, 7) is 2.11. The largest absolute Gasteiger partial charge is 0.326 e. The molecule has 0 bridgehead atoms. The number of aromatic nitrogens is 4. The third-order valence-electron chi connectivity index (χ3n) is 7.72. The van der Waals surface area contributed by atoms with Crippen LogP contribution < -0.4 is 16.0 Å². The maximum Gasteiger partial charge on any atom is 0.229 e. The molecule has 8 nitrogen and oxygen atoms in total. The molecule has 3 N–H and O–H groups in total. The number of nitrogens with zero attached hydrogens (tertiary/aromatic N) is 4. The van der Waals surface area contributed by atoms with Crippen LogP contribution in [0.1, 0.15) is 29.2 Å². The lowest BCUT2D eigenvalue weighted by molar-refractivity contribution is -0.115. The number of hydrogen-bond donors (Lipinski definition) is 3. The number of thiophene rings is 1. The second-order valence-corrected chi connectivity index (χ2v) is 11.7. The van der Waals surface area contributed by atoms with Gasteiger partial charge in [0.05, 0.1) is 23.5 Å². The summed E-state index contributed by atoms with van der Waals surface area (Å²) in [6, 6.07) is 28.1. The van der Waals surface area contributed by atoms with Crippen LogP contribution in [0, 0.1) is 0 Å². The predicted molar refractivity (Wildman–Crippen MR) is 173 cm³/mol. The quantitative estimate of drug-likeness (QED) is 0.180. The molecular formula is C34H31N7OS. The molecule has 1 fully saturated rings. The van der Waals surface area contributed by atoms with Crippen LogP contribution in [0.15, 0.2) is 103 Å². The fourth-order valence-corrected chi connectivity index (χ4v) is 6.37. The number of pyridine rings is 1. The highest BCUT2D eigenvalue weighted by atomic mass is 32.1. The molecule has 5 heterocycles. The van der Waals surface area contributed by atoms with Gasteiger partial charge in [0.1, 0.15) is 5.65 Å². The van der Waals surface area contributed by atoms with E-state index in [1.807, 2.05) is 76.6 Å². The first-order valence-electron chi connectivity index (χ1n) is 14.5. The van der Waals surface area contributed by atoms with Gasteiger partial charge in [0, 0.05) is 34.2 Å². The fourth-order valence-electron chi connectivity index (χ4n) is 5.67.